The van der Waals surface area contributed by atoms with Gasteiger partial charge in [0, 0.05) is 13.0 Å². The van der Waals surface area contributed by atoms with E-state index in [1.54, 1.807) is 30.3 Å². The largest absolute Gasteiger partial charge is 0.480 e. The summed E-state index contributed by atoms with van der Waals surface area (Å²) in [7, 11) is 0. The van der Waals surface area contributed by atoms with Crippen LogP contribution in [0.15, 0.2) is 30.3 Å². The van der Waals surface area contributed by atoms with Crippen molar-refractivity contribution in [3.05, 3.63) is 35.9 Å². The molecule has 3 unspecified atom stereocenters. The molecular weight excluding hydrogens is 406 g/mol. The predicted octanol–water partition coefficient (Wildman–Crippen LogP) is -1.89. The van der Waals surface area contributed by atoms with Crippen LogP contribution in [0, 0.1) is 0 Å². The summed E-state index contributed by atoms with van der Waals surface area (Å²) in [4.78, 5) is 60.8. The summed E-state index contributed by atoms with van der Waals surface area (Å²) >= 11 is 0. The number of benzene rings is 1. The van der Waals surface area contributed by atoms with Crippen LogP contribution in [0.3, 0.4) is 0 Å². The minimum absolute atomic E-state index is 0.108. The van der Waals surface area contributed by atoms with Gasteiger partial charge in [0.05, 0.1) is 19.0 Å². The Balaban J connectivity index is 1.94. The van der Waals surface area contributed by atoms with Gasteiger partial charge in [-0.15, -0.1) is 0 Å². The normalized spacial score (nSPS) is 17.5. The van der Waals surface area contributed by atoms with Gasteiger partial charge in [0.1, 0.15) is 12.1 Å². The van der Waals surface area contributed by atoms with Gasteiger partial charge in [-0.1, -0.05) is 30.3 Å². The molecule has 3 atom stereocenters. The summed E-state index contributed by atoms with van der Waals surface area (Å²) in [6, 6.07) is 5.74. The molecule has 4 amide bonds. The van der Waals surface area contributed by atoms with Crippen LogP contribution >= 0.6 is 0 Å². The molecule has 1 aliphatic rings. The maximum Gasteiger partial charge on any atom is 0.326 e. The van der Waals surface area contributed by atoms with Gasteiger partial charge in [0.2, 0.25) is 23.6 Å². The molecule has 0 aliphatic carbocycles. The number of carboxylic acids is 1. The van der Waals surface area contributed by atoms with E-state index in [0.29, 0.717) is 19.4 Å². The molecule has 1 aromatic rings. The van der Waals surface area contributed by atoms with E-state index < -0.39 is 54.3 Å². The quantitative estimate of drug-likeness (QED) is 0.285. The third kappa shape index (κ3) is 7.07. The fraction of sp³-hybridized carbons (Fsp3) is 0.450. The second-order valence-electron chi connectivity index (χ2n) is 7.33. The molecule has 0 bridgehead atoms. The maximum absolute atomic E-state index is 12.7. The second kappa shape index (κ2) is 11.1. The van der Waals surface area contributed by atoms with Crippen molar-refractivity contribution in [3.63, 3.8) is 0 Å². The van der Waals surface area contributed by atoms with Crippen molar-refractivity contribution >= 4 is 29.6 Å². The lowest BCUT2D eigenvalue weighted by molar-refractivity contribution is -0.144. The van der Waals surface area contributed by atoms with Crippen molar-refractivity contribution in [2.24, 2.45) is 11.5 Å². The lowest BCUT2D eigenvalue weighted by Crippen LogP contribution is -2.53. The van der Waals surface area contributed by atoms with E-state index in [2.05, 4.69) is 10.6 Å². The first-order chi connectivity index (χ1) is 14.7. The number of carbonyl (C=O) groups is 5. The number of rotatable bonds is 10. The molecule has 0 aromatic heterocycles. The lowest BCUT2D eigenvalue weighted by atomic mass is 10.1. The van der Waals surface area contributed by atoms with Crippen molar-refractivity contribution < 1.29 is 29.1 Å². The summed E-state index contributed by atoms with van der Waals surface area (Å²) in [6.07, 6.45) is 0.697. The molecule has 7 N–H and O–H groups in total. The topological polar surface area (TPSA) is 185 Å². The summed E-state index contributed by atoms with van der Waals surface area (Å²) < 4.78 is 0. The van der Waals surface area contributed by atoms with Crippen LogP contribution in [0.25, 0.3) is 0 Å². The van der Waals surface area contributed by atoms with Gasteiger partial charge in [0.25, 0.3) is 0 Å². The van der Waals surface area contributed by atoms with Crippen molar-refractivity contribution in [2.75, 3.05) is 13.1 Å². The highest BCUT2D eigenvalue weighted by Gasteiger charge is 2.36. The second-order valence-corrected chi connectivity index (χ2v) is 7.33. The number of nitrogens with two attached hydrogens (primary N) is 2. The SMILES string of the molecule is NC(=O)CC(N)C(=O)NCC(=O)N1CCCC1C(=O)NC(Cc1ccccc1)C(=O)O. The fourth-order valence-corrected chi connectivity index (χ4v) is 3.36. The number of carbonyl (C=O) groups excluding carboxylic acids is 4. The van der Waals surface area contributed by atoms with Crippen LogP contribution in [-0.2, 0) is 30.4 Å². The Labute approximate surface area is 179 Å². The number of primary amides is 1. The Morgan fingerprint density at radius 3 is 2.45 bits per heavy atom. The molecule has 11 nitrogen and oxygen atoms in total. The minimum atomic E-state index is -1.18. The fourth-order valence-electron chi connectivity index (χ4n) is 3.36. The van der Waals surface area contributed by atoms with E-state index in [9.17, 15) is 29.1 Å². The maximum atomic E-state index is 12.7. The first-order valence-electron chi connectivity index (χ1n) is 9.87. The molecule has 11 heteroatoms. The Morgan fingerprint density at radius 1 is 1.16 bits per heavy atom. The smallest absolute Gasteiger partial charge is 0.326 e. The van der Waals surface area contributed by atoms with Gasteiger partial charge in [-0.2, -0.15) is 0 Å². The monoisotopic (exact) mass is 433 g/mol. The zero-order chi connectivity index (χ0) is 23.0. The van der Waals surface area contributed by atoms with Gasteiger partial charge in [-0.25, -0.2) is 4.79 Å². The first kappa shape index (κ1) is 23.8. The van der Waals surface area contributed by atoms with Crippen LogP contribution in [0.5, 0.6) is 0 Å². The molecule has 0 radical (unpaired) electrons. The number of aliphatic carboxylic acids is 1. The predicted molar refractivity (Wildman–Crippen MR) is 109 cm³/mol. The zero-order valence-electron chi connectivity index (χ0n) is 17.0. The van der Waals surface area contributed by atoms with E-state index in [1.165, 1.54) is 4.90 Å². The lowest BCUT2D eigenvalue weighted by Gasteiger charge is -2.26. The van der Waals surface area contributed by atoms with Crippen LogP contribution in [0.2, 0.25) is 0 Å². The number of likely N-dealkylation sites (tertiary alicyclic amines) is 1. The first-order valence-corrected chi connectivity index (χ1v) is 9.87. The van der Waals surface area contributed by atoms with Crippen molar-refractivity contribution in [1.29, 1.82) is 0 Å². The highest BCUT2D eigenvalue weighted by Crippen LogP contribution is 2.18. The number of amides is 4. The molecule has 0 spiro atoms. The molecule has 1 fully saturated rings. The third-order valence-corrected chi connectivity index (χ3v) is 4.94. The summed E-state index contributed by atoms with van der Waals surface area (Å²) in [5.41, 5.74) is 11.3. The van der Waals surface area contributed by atoms with E-state index in [0.717, 1.165) is 5.56 Å². The molecule has 0 saturated carbocycles. The summed E-state index contributed by atoms with van der Waals surface area (Å²) in [5.74, 6) is -3.70. The van der Waals surface area contributed by atoms with Gasteiger partial charge in [0.15, 0.2) is 0 Å². The molecule has 2 rings (SSSR count). The number of nitrogens with zero attached hydrogens (tertiary/aromatic N) is 1. The Morgan fingerprint density at radius 2 is 1.84 bits per heavy atom. The van der Waals surface area contributed by atoms with E-state index in [-0.39, 0.29) is 12.8 Å². The molecule has 1 aliphatic heterocycles. The summed E-state index contributed by atoms with van der Waals surface area (Å²) in [5, 5.41) is 14.3. The molecule has 31 heavy (non-hydrogen) atoms. The Kier molecular flexibility index (Phi) is 8.50. The van der Waals surface area contributed by atoms with Gasteiger partial charge in [-0.05, 0) is 18.4 Å². The van der Waals surface area contributed by atoms with Crippen LogP contribution in [-0.4, -0.2) is 70.8 Å². The molecular formula is C20H27N5O6. The molecule has 168 valence electrons. The third-order valence-electron chi connectivity index (χ3n) is 4.94. The zero-order valence-corrected chi connectivity index (χ0v) is 17.0. The standard InChI is InChI=1S/C20H27N5O6/c21-13(10-16(22)26)18(28)23-11-17(27)25-8-4-7-15(25)19(29)24-14(20(30)31)9-12-5-2-1-3-6-12/h1-3,5-6,13-15H,4,7-11,21H2,(H2,22,26)(H,23,28)(H,24,29)(H,30,31). The highest BCUT2D eigenvalue weighted by atomic mass is 16.4. The summed E-state index contributed by atoms with van der Waals surface area (Å²) in [6.45, 7) is -0.0992. The van der Waals surface area contributed by atoms with E-state index in [1.807, 2.05) is 0 Å². The van der Waals surface area contributed by atoms with Crippen LogP contribution in [0.1, 0.15) is 24.8 Å². The Hall–Kier alpha value is -3.47. The van der Waals surface area contributed by atoms with Crippen molar-refractivity contribution in [1.82, 2.24) is 15.5 Å². The van der Waals surface area contributed by atoms with Crippen molar-refractivity contribution in [2.45, 2.75) is 43.8 Å². The number of hydrogen-bond acceptors (Lipinski definition) is 6. The van der Waals surface area contributed by atoms with Gasteiger partial charge < -0.3 is 32.1 Å². The van der Waals surface area contributed by atoms with E-state index in [4.69, 9.17) is 11.5 Å². The van der Waals surface area contributed by atoms with Crippen molar-refractivity contribution in [3.8, 4) is 0 Å². The molecule has 1 aromatic carbocycles. The average Bonchev–Trinajstić information content (AvgIpc) is 3.21. The van der Waals surface area contributed by atoms with Crippen LogP contribution in [0.4, 0.5) is 0 Å². The van der Waals surface area contributed by atoms with Gasteiger partial charge >= 0.3 is 5.97 Å². The number of nitrogens with one attached hydrogen (secondary N) is 2. The van der Waals surface area contributed by atoms with Crippen LogP contribution < -0.4 is 22.1 Å². The molecule has 1 saturated heterocycles. The number of carboxylic acid groups (broad SMARTS) is 1. The number of hydrogen-bond donors (Lipinski definition) is 5. The average molecular weight is 433 g/mol. The molecule has 1 heterocycles. The highest BCUT2D eigenvalue weighted by molar-refractivity contribution is 5.93. The minimum Gasteiger partial charge on any atom is -0.480 e. The Bertz CT molecular complexity index is 831. The van der Waals surface area contributed by atoms with E-state index >= 15 is 0 Å². The van der Waals surface area contributed by atoms with Gasteiger partial charge in [-0.3, -0.25) is 19.2 Å².